The number of halogens is 1. The van der Waals surface area contributed by atoms with Crippen molar-refractivity contribution in [1.82, 2.24) is 19.7 Å². The number of pyridine rings is 2. The Kier molecular flexibility index (Phi) is 6.04. The number of amides is 1. The predicted octanol–water partition coefficient (Wildman–Crippen LogP) is 2.57. The Morgan fingerprint density at radius 3 is 2.84 bits per heavy atom. The van der Waals surface area contributed by atoms with Crippen LogP contribution in [0.4, 0.5) is 21.6 Å². The normalized spacial score (nSPS) is 16.5. The van der Waals surface area contributed by atoms with Crippen LogP contribution in [0.25, 0.3) is 0 Å². The van der Waals surface area contributed by atoms with Crippen molar-refractivity contribution in [2.24, 2.45) is 0 Å². The summed E-state index contributed by atoms with van der Waals surface area (Å²) in [6, 6.07) is 4.52. The van der Waals surface area contributed by atoms with Gasteiger partial charge in [0.1, 0.15) is 11.9 Å². The zero-order valence-corrected chi connectivity index (χ0v) is 18.5. The van der Waals surface area contributed by atoms with Gasteiger partial charge in [-0.1, -0.05) is 6.07 Å². The molecule has 0 saturated heterocycles. The van der Waals surface area contributed by atoms with Crippen LogP contribution in [0.1, 0.15) is 23.7 Å². The van der Waals surface area contributed by atoms with Gasteiger partial charge in [-0.15, -0.1) is 0 Å². The minimum absolute atomic E-state index is 0.108. The molecule has 2 N–H and O–H groups in total. The van der Waals surface area contributed by atoms with E-state index in [1.807, 2.05) is 38.1 Å². The number of likely N-dealkylation sites (N-methyl/N-ethyl adjacent to an activating group) is 1. The van der Waals surface area contributed by atoms with Gasteiger partial charge in [0.25, 0.3) is 0 Å². The summed E-state index contributed by atoms with van der Waals surface area (Å²) in [5.74, 6) is 0.0902. The Morgan fingerprint density at radius 1 is 1.31 bits per heavy atom. The fourth-order valence-corrected chi connectivity index (χ4v) is 3.82. The first-order chi connectivity index (χ1) is 15.4. The van der Waals surface area contributed by atoms with E-state index in [0.717, 1.165) is 22.5 Å². The molecule has 4 rings (SSSR count). The maximum Gasteiger partial charge on any atom is 0.249 e. The highest BCUT2D eigenvalue weighted by atomic mass is 19.1. The number of hydrogen-bond donors (Lipinski definition) is 2. The number of nitrogens with one attached hydrogen (secondary N) is 2. The van der Waals surface area contributed by atoms with Crippen LogP contribution in [-0.2, 0) is 22.6 Å². The van der Waals surface area contributed by atoms with Gasteiger partial charge in [-0.25, -0.2) is 9.97 Å². The maximum atomic E-state index is 13.0. The summed E-state index contributed by atoms with van der Waals surface area (Å²) in [5, 5.41) is 10.6. The van der Waals surface area contributed by atoms with E-state index in [1.165, 1.54) is 12.3 Å². The fourth-order valence-electron chi connectivity index (χ4n) is 3.82. The molecule has 1 aliphatic rings. The lowest BCUT2D eigenvalue weighted by Gasteiger charge is -2.38. The molecule has 0 radical (unpaired) electrons. The highest BCUT2D eigenvalue weighted by Gasteiger charge is 2.36. The number of carbonyl (C=O) groups excluding carboxylic acids is 1. The van der Waals surface area contributed by atoms with Crippen molar-refractivity contribution in [1.29, 1.82) is 0 Å². The molecule has 3 aromatic rings. The van der Waals surface area contributed by atoms with E-state index in [1.54, 1.807) is 24.1 Å². The number of aryl methyl sites for hydroxylation is 1. The van der Waals surface area contributed by atoms with Gasteiger partial charge in [-0.05, 0) is 25.5 Å². The summed E-state index contributed by atoms with van der Waals surface area (Å²) in [4.78, 5) is 22.7. The van der Waals surface area contributed by atoms with Crippen LogP contribution >= 0.6 is 0 Å². The number of carbonyl (C=O) groups is 1. The monoisotopic (exact) mass is 439 g/mol. The Morgan fingerprint density at radius 2 is 2.12 bits per heavy atom. The van der Waals surface area contributed by atoms with Crippen molar-refractivity contribution in [3.05, 3.63) is 59.6 Å². The molecule has 1 amide bonds. The minimum Gasteiger partial charge on any atom is -0.379 e. The Balaban J connectivity index is 1.46. The maximum absolute atomic E-state index is 13.0. The first-order valence-corrected chi connectivity index (χ1v) is 10.3. The average molecular weight is 439 g/mol. The van der Waals surface area contributed by atoms with Crippen molar-refractivity contribution < 1.29 is 13.9 Å². The van der Waals surface area contributed by atoms with Gasteiger partial charge < -0.3 is 20.3 Å². The van der Waals surface area contributed by atoms with Crippen molar-refractivity contribution in [2.75, 3.05) is 29.7 Å². The molecular formula is C22H26FN7O2. The number of ether oxygens (including phenoxy) is 1. The van der Waals surface area contributed by atoms with Crippen LogP contribution in [0, 0.1) is 12.9 Å². The van der Waals surface area contributed by atoms with E-state index >= 15 is 0 Å². The molecular weight excluding hydrogens is 413 g/mol. The van der Waals surface area contributed by atoms with E-state index in [2.05, 4.69) is 25.7 Å². The Bertz CT molecular complexity index is 1120. The van der Waals surface area contributed by atoms with Crippen LogP contribution in [0.2, 0.25) is 0 Å². The van der Waals surface area contributed by atoms with Gasteiger partial charge in [-0.2, -0.15) is 9.49 Å². The van der Waals surface area contributed by atoms with Gasteiger partial charge in [0.05, 0.1) is 35.9 Å². The number of anilines is 3. The van der Waals surface area contributed by atoms with Gasteiger partial charge in [-0.3, -0.25) is 9.48 Å². The number of rotatable bonds is 7. The summed E-state index contributed by atoms with van der Waals surface area (Å²) in [6.45, 7) is 4.78. The SMILES string of the molecule is CO[C@H](C)[C@H]1C(=O)Nc2c(cc(NCc3cnn(Cc4ccc(F)nc4)c3)nc2C)N1C. The molecule has 0 aromatic carbocycles. The molecule has 3 aromatic heterocycles. The molecule has 0 spiro atoms. The second-order valence-corrected chi connectivity index (χ2v) is 7.86. The summed E-state index contributed by atoms with van der Waals surface area (Å²) >= 11 is 0. The van der Waals surface area contributed by atoms with Gasteiger partial charge >= 0.3 is 0 Å². The Labute approximate surface area is 185 Å². The lowest BCUT2D eigenvalue weighted by Crippen LogP contribution is -2.52. The number of nitrogens with zero attached hydrogens (tertiary/aromatic N) is 5. The molecule has 2 atom stereocenters. The fraction of sp³-hybridized carbons (Fsp3) is 0.364. The smallest absolute Gasteiger partial charge is 0.249 e. The zero-order chi connectivity index (χ0) is 22.8. The van der Waals surface area contributed by atoms with Gasteiger partial charge in [0, 0.05) is 44.7 Å². The molecule has 0 bridgehead atoms. The van der Waals surface area contributed by atoms with Crippen LogP contribution in [0.15, 0.2) is 36.8 Å². The summed E-state index contributed by atoms with van der Waals surface area (Å²) in [6.07, 6.45) is 4.93. The van der Waals surface area contributed by atoms with E-state index in [-0.39, 0.29) is 12.0 Å². The molecule has 0 aliphatic carbocycles. The van der Waals surface area contributed by atoms with Crippen molar-refractivity contribution in [3.63, 3.8) is 0 Å². The van der Waals surface area contributed by atoms with E-state index < -0.39 is 12.0 Å². The van der Waals surface area contributed by atoms with Gasteiger partial charge in [0.2, 0.25) is 11.9 Å². The molecule has 0 unspecified atom stereocenters. The lowest BCUT2D eigenvalue weighted by molar-refractivity contribution is -0.120. The average Bonchev–Trinajstić information content (AvgIpc) is 3.22. The van der Waals surface area contributed by atoms with Crippen LogP contribution < -0.4 is 15.5 Å². The summed E-state index contributed by atoms with van der Waals surface area (Å²) in [5.41, 5.74) is 4.17. The summed E-state index contributed by atoms with van der Waals surface area (Å²) < 4.78 is 20.1. The molecule has 32 heavy (non-hydrogen) atoms. The van der Waals surface area contributed by atoms with E-state index in [0.29, 0.717) is 24.6 Å². The quantitative estimate of drug-likeness (QED) is 0.546. The van der Waals surface area contributed by atoms with Gasteiger partial charge in [0.15, 0.2) is 0 Å². The minimum atomic E-state index is -0.500. The molecule has 1 aliphatic heterocycles. The number of hydrogen-bond acceptors (Lipinski definition) is 7. The molecule has 0 fully saturated rings. The highest BCUT2D eigenvalue weighted by molar-refractivity contribution is 6.04. The first kappa shape index (κ1) is 21.7. The zero-order valence-electron chi connectivity index (χ0n) is 18.5. The van der Waals surface area contributed by atoms with Crippen LogP contribution in [-0.4, -0.2) is 52.0 Å². The standard InChI is InChI=1S/C22H26FN7O2/c1-13-20-17(29(3)21(14(2)32-4)22(31)28-20)7-19(27-13)25-9-16-10-26-30(12-16)11-15-5-6-18(23)24-8-15/h5-8,10,12,14,21H,9,11H2,1-4H3,(H,25,27)(H,28,31)/t14-,21+/m1/s1. The van der Waals surface area contributed by atoms with Crippen molar-refractivity contribution >= 4 is 23.1 Å². The third-order valence-electron chi connectivity index (χ3n) is 5.60. The molecule has 9 nitrogen and oxygen atoms in total. The second kappa shape index (κ2) is 8.91. The molecule has 0 saturated carbocycles. The molecule has 168 valence electrons. The first-order valence-electron chi connectivity index (χ1n) is 10.3. The van der Waals surface area contributed by atoms with Crippen LogP contribution in [0.3, 0.4) is 0 Å². The van der Waals surface area contributed by atoms with E-state index in [4.69, 9.17) is 4.74 Å². The third-order valence-corrected chi connectivity index (χ3v) is 5.60. The lowest BCUT2D eigenvalue weighted by atomic mass is 10.0. The second-order valence-electron chi connectivity index (χ2n) is 7.86. The van der Waals surface area contributed by atoms with Crippen molar-refractivity contribution in [3.8, 4) is 0 Å². The highest BCUT2D eigenvalue weighted by Crippen LogP contribution is 2.36. The number of aromatic nitrogens is 4. The summed E-state index contributed by atoms with van der Waals surface area (Å²) in [7, 11) is 3.48. The topological polar surface area (TPSA) is 97.2 Å². The predicted molar refractivity (Wildman–Crippen MR) is 119 cm³/mol. The van der Waals surface area contributed by atoms with E-state index in [9.17, 15) is 9.18 Å². The number of fused-ring (bicyclic) bond motifs is 1. The molecule has 10 heteroatoms. The molecule has 4 heterocycles. The number of methoxy groups -OCH3 is 1. The largest absolute Gasteiger partial charge is 0.379 e. The third kappa shape index (κ3) is 4.40. The van der Waals surface area contributed by atoms with Crippen LogP contribution in [0.5, 0.6) is 0 Å². The Hall–Kier alpha value is -3.53. The van der Waals surface area contributed by atoms with Crippen molar-refractivity contribution in [2.45, 2.75) is 39.1 Å².